The van der Waals surface area contributed by atoms with Gasteiger partial charge in [0.05, 0.1) is 23.4 Å². The molecule has 1 aromatic carbocycles. The van der Waals surface area contributed by atoms with Gasteiger partial charge in [-0.3, -0.25) is 4.98 Å². The third kappa shape index (κ3) is 2.47. The van der Waals surface area contributed by atoms with Crippen molar-refractivity contribution in [3.05, 3.63) is 84.6 Å². The first-order valence-electron chi connectivity index (χ1n) is 7.38. The van der Waals surface area contributed by atoms with E-state index in [1.807, 2.05) is 47.0 Å². The molecule has 1 atom stereocenters. The molecule has 3 aromatic heterocycles. The Morgan fingerprint density at radius 2 is 1.78 bits per heavy atom. The summed E-state index contributed by atoms with van der Waals surface area (Å²) in [4.78, 5) is 8.51. The fraction of sp³-hybridized carbons (Fsp3) is 0.0556. The van der Waals surface area contributed by atoms with E-state index in [9.17, 15) is 0 Å². The van der Waals surface area contributed by atoms with E-state index < -0.39 is 6.04 Å². The Kier molecular flexibility index (Phi) is 3.33. The van der Waals surface area contributed by atoms with Gasteiger partial charge < -0.3 is 5.73 Å². The first-order chi connectivity index (χ1) is 11.3. The van der Waals surface area contributed by atoms with Crippen molar-refractivity contribution in [3.63, 3.8) is 0 Å². The Hall–Kier alpha value is -3.05. The van der Waals surface area contributed by atoms with Gasteiger partial charge in [-0.2, -0.15) is 5.10 Å². The lowest BCUT2D eigenvalue weighted by Crippen LogP contribution is -2.17. The van der Waals surface area contributed by atoms with Gasteiger partial charge in [0.2, 0.25) is 0 Å². The lowest BCUT2D eigenvalue weighted by molar-refractivity contribution is 0.725. The molecule has 4 aromatic rings. The molecule has 23 heavy (non-hydrogen) atoms. The van der Waals surface area contributed by atoms with Crippen molar-refractivity contribution in [1.82, 2.24) is 19.6 Å². The summed E-state index contributed by atoms with van der Waals surface area (Å²) in [6.07, 6.45) is 5.26. The Bertz CT molecular complexity index is 931. The summed E-state index contributed by atoms with van der Waals surface area (Å²) in [6, 6.07) is 17.6. The molecule has 0 bridgehead atoms. The second kappa shape index (κ2) is 5.62. The van der Waals surface area contributed by atoms with Gasteiger partial charge in [0.25, 0.3) is 0 Å². The number of rotatable bonds is 3. The number of nitrogens with two attached hydrogens (primary N) is 1. The minimum Gasteiger partial charge on any atom is -0.318 e. The van der Waals surface area contributed by atoms with Crippen LogP contribution in [0.3, 0.4) is 0 Å². The molecule has 0 radical (unpaired) electrons. The van der Waals surface area contributed by atoms with Crippen LogP contribution in [0.15, 0.2) is 73.2 Å². The van der Waals surface area contributed by atoms with E-state index in [0.717, 1.165) is 22.3 Å². The SMILES string of the molecule is NC(c1cccnc1)c1ncc2ccc(-c3ccccc3)n2n1. The summed E-state index contributed by atoms with van der Waals surface area (Å²) < 4.78 is 1.88. The van der Waals surface area contributed by atoms with Crippen molar-refractivity contribution in [1.29, 1.82) is 0 Å². The van der Waals surface area contributed by atoms with E-state index in [0.29, 0.717) is 5.82 Å². The Balaban J connectivity index is 1.81. The van der Waals surface area contributed by atoms with Crippen LogP contribution in [0.25, 0.3) is 16.8 Å². The average Bonchev–Trinajstić information content (AvgIpc) is 3.05. The minimum absolute atomic E-state index is 0.404. The molecule has 0 amide bonds. The van der Waals surface area contributed by atoms with Crippen LogP contribution >= 0.6 is 0 Å². The molecule has 2 N–H and O–H groups in total. The van der Waals surface area contributed by atoms with Gasteiger partial charge in [0.1, 0.15) is 0 Å². The average molecular weight is 301 g/mol. The summed E-state index contributed by atoms with van der Waals surface area (Å²) in [5.74, 6) is 0.568. The Morgan fingerprint density at radius 1 is 0.913 bits per heavy atom. The standard InChI is InChI=1S/C18H15N5/c19-17(14-7-4-10-20-11-14)18-21-12-15-8-9-16(23(15)22-18)13-5-2-1-3-6-13/h1-12,17H,19H2. The fourth-order valence-corrected chi connectivity index (χ4v) is 2.59. The summed E-state index contributed by atoms with van der Waals surface area (Å²) >= 11 is 0. The van der Waals surface area contributed by atoms with E-state index in [2.05, 4.69) is 27.2 Å². The molecule has 0 fully saturated rings. The summed E-state index contributed by atoms with van der Waals surface area (Å²) in [5.41, 5.74) is 10.2. The Morgan fingerprint density at radius 3 is 2.57 bits per heavy atom. The van der Waals surface area contributed by atoms with Crippen LogP contribution < -0.4 is 5.73 Å². The topological polar surface area (TPSA) is 69.1 Å². The summed E-state index contributed by atoms with van der Waals surface area (Å²) in [7, 11) is 0. The van der Waals surface area contributed by atoms with Gasteiger partial charge in [-0.1, -0.05) is 36.4 Å². The largest absolute Gasteiger partial charge is 0.318 e. The molecular formula is C18H15N5. The van der Waals surface area contributed by atoms with E-state index in [1.165, 1.54) is 0 Å². The first-order valence-corrected chi connectivity index (χ1v) is 7.38. The molecule has 0 saturated carbocycles. The van der Waals surface area contributed by atoms with Gasteiger partial charge in [0.15, 0.2) is 5.82 Å². The number of pyridine rings is 1. The molecule has 0 spiro atoms. The smallest absolute Gasteiger partial charge is 0.170 e. The number of benzene rings is 1. The maximum atomic E-state index is 6.29. The minimum atomic E-state index is -0.404. The maximum Gasteiger partial charge on any atom is 0.170 e. The predicted octanol–water partition coefficient (Wildman–Crippen LogP) is 2.84. The van der Waals surface area contributed by atoms with Crippen molar-refractivity contribution in [2.75, 3.05) is 0 Å². The number of fused-ring (bicyclic) bond motifs is 1. The first kappa shape index (κ1) is 13.6. The second-order valence-electron chi connectivity index (χ2n) is 5.30. The van der Waals surface area contributed by atoms with Gasteiger partial charge in [-0.05, 0) is 23.8 Å². The lowest BCUT2D eigenvalue weighted by Gasteiger charge is -2.11. The van der Waals surface area contributed by atoms with Gasteiger partial charge in [-0.15, -0.1) is 0 Å². The maximum absolute atomic E-state index is 6.29. The molecule has 3 heterocycles. The predicted molar refractivity (Wildman–Crippen MR) is 88.7 cm³/mol. The molecule has 5 heteroatoms. The van der Waals surface area contributed by atoms with Crippen LogP contribution in [0, 0.1) is 0 Å². The number of hydrogen-bond acceptors (Lipinski definition) is 4. The van der Waals surface area contributed by atoms with Gasteiger partial charge in [0, 0.05) is 18.0 Å². The zero-order valence-electron chi connectivity index (χ0n) is 12.4. The van der Waals surface area contributed by atoms with Crippen molar-refractivity contribution in [2.24, 2.45) is 5.73 Å². The van der Waals surface area contributed by atoms with Crippen LogP contribution in [-0.4, -0.2) is 19.6 Å². The van der Waals surface area contributed by atoms with Crippen LogP contribution in [0.5, 0.6) is 0 Å². The normalized spacial score (nSPS) is 12.4. The molecule has 0 aliphatic carbocycles. The second-order valence-corrected chi connectivity index (χ2v) is 5.30. The molecule has 0 aliphatic heterocycles. The monoisotopic (exact) mass is 301 g/mol. The summed E-state index contributed by atoms with van der Waals surface area (Å²) in [6.45, 7) is 0. The molecule has 4 rings (SSSR count). The van der Waals surface area contributed by atoms with Crippen LogP contribution in [0.1, 0.15) is 17.4 Å². The zero-order valence-corrected chi connectivity index (χ0v) is 12.4. The van der Waals surface area contributed by atoms with E-state index in [4.69, 9.17) is 5.73 Å². The quantitative estimate of drug-likeness (QED) is 0.632. The van der Waals surface area contributed by atoms with Crippen molar-refractivity contribution >= 4 is 5.52 Å². The van der Waals surface area contributed by atoms with Crippen molar-refractivity contribution in [2.45, 2.75) is 6.04 Å². The fourth-order valence-electron chi connectivity index (χ4n) is 2.59. The zero-order chi connectivity index (χ0) is 15.6. The lowest BCUT2D eigenvalue weighted by atomic mass is 10.1. The number of nitrogens with zero attached hydrogens (tertiary/aromatic N) is 4. The number of aromatic nitrogens is 4. The van der Waals surface area contributed by atoms with Gasteiger partial charge in [-0.25, -0.2) is 9.50 Å². The van der Waals surface area contributed by atoms with Crippen LogP contribution in [-0.2, 0) is 0 Å². The third-order valence-corrected chi connectivity index (χ3v) is 3.81. The Labute approximate surface area is 133 Å². The molecule has 0 aliphatic rings. The molecule has 112 valence electrons. The molecule has 0 saturated heterocycles. The van der Waals surface area contributed by atoms with Crippen molar-refractivity contribution < 1.29 is 0 Å². The highest BCUT2D eigenvalue weighted by molar-refractivity contribution is 5.65. The molecule has 1 unspecified atom stereocenters. The van der Waals surface area contributed by atoms with Crippen LogP contribution in [0.2, 0.25) is 0 Å². The highest BCUT2D eigenvalue weighted by atomic mass is 15.3. The van der Waals surface area contributed by atoms with Crippen molar-refractivity contribution in [3.8, 4) is 11.3 Å². The highest BCUT2D eigenvalue weighted by Crippen LogP contribution is 2.22. The third-order valence-electron chi connectivity index (χ3n) is 3.81. The summed E-state index contributed by atoms with van der Waals surface area (Å²) in [5, 5.41) is 4.64. The number of hydrogen-bond donors (Lipinski definition) is 1. The highest BCUT2D eigenvalue weighted by Gasteiger charge is 2.14. The van der Waals surface area contributed by atoms with Crippen LogP contribution in [0.4, 0.5) is 0 Å². The molecule has 5 nitrogen and oxygen atoms in total. The van der Waals surface area contributed by atoms with E-state index >= 15 is 0 Å². The van der Waals surface area contributed by atoms with E-state index in [-0.39, 0.29) is 0 Å². The molecular weight excluding hydrogens is 286 g/mol. The van der Waals surface area contributed by atoms with E-state index in [1.54, 1.807) is 18.6 Å². The van der Waals surface area contributed by atoms with Gasteiger partial charge >= 0.3 is 0 Å².